The molecule has 178 valence electrons. The fraction of sp³-hybridized carbons (Fsp3) is 0.240. The highest BCUT2D eigenvalue weighted by molar-refractivity contribution is 5.82. The first-order valence-electron chi connectivity index (χ1n) is 11.3. The molecule has 5 rings (SSSR count). The van der Waals surface area contributed by atoms with Crippen LogP contribution < -0.4 is 15.6 Å². The molecule has 3 heterocycles. The van der Waals surface area contributed by atoms with Crippen LogP contribution in [-0.2, 0) is 11.2 Å². The molecule has 0 aliphatic carbocycles. The molecule has 10 nitrogen and oxygen atoms in total. The second-order valence-electron chi connectivity index (χ2n) is 7.98. The third kappa shape index (κ3) is 4.56. The van der Waals surface area contributed by atoms with Crippen LogP contribution in [0.25, 0.3) is 27.8 Å². The number of H-pyrrole nitrogens is 1. The molecule has 0 fully saturated rings. The molecule has 0 atom stereocenters. The van der Waals surface area contributed by atoms with Crippen LogP contribution in [0, 0.1) is 6.92 Å². The van der Waals surface area contributed by atoms with Crippen molar-refractivity contribution in [2.45, 2.75) is 13.3 Å². The van der Waals surface area contributed by atoms with Crippen LogP contribution in [0.15, 0.2) is 59.9 Å². The molecule has 35 heavy (non-hydrogen) atoms. The smallest absolute Gasteiger partial charge is 0.266 e. The van der Waals surface area contributed by atoms with Crippen molar-refractivity contribution >= 4 is 27.9 Å². The number of aromatic nitrogens is 6. The Morgan fingerprint density at radius 2 is 1.97 bits per heavy atom. The Hall–Kier alpha value is -4.31. The van der Waals surface area contributed by atoms with Gasteiger partial charge < -0.3 is 19.8 Å². The first-order chi connectivity index (χ1) is 17.2. The van der Waals surface area contributed by atoms with Gasteiger partial charge in [-0.15, -0.1) is 0 Å². The molecule has 0 spiro atoms. The normalized spacial score (nSPS) is 11.3. The lowest BCUT2D eigenvalue weighted by Gasteiger charge is -2.16. The molecule has 0 radical (unpaired) electrons. The number of aromatic amines is 1. The van der Waals surface area contributed by atoms with Crippen molar-refractivity contribution in [1.29, 1.82) is 0 Å². The molecular weight excluding hydrogens is 446 g/mol. The Bertz CT molecular complexity index is 1540. The number of hydrogen-bond acceptors (Lipinski definition) is 8. The van der Waals surface area contributed by atoms with Crippen LogP contribution in [0.3, 0.4) is 0 Å². The number of methoxy groups -OCH3 is 1. The minimum Gasteiger partial charge on any atom is -0.491 e. The number of aryl methyl sites for hydroxylation is 1. The summed E-state index contributed by atoms with van der Waals surface area (Å²) in [7, 11) is 1.63. The van der Waals surface area contributed by atoms with Crippen molar-refractivity contribution < 1.29 is 9.47 Å². The number of hydrogen-bond donors (Lipinski definition) is 2. The highest BCUT2D eigenvalue weighted by atomic mass is 16.5. The molecule has 0 aliphatic rings. The van der Waals surface area contributed by atoms with Crippen LogP contribution in [0.5, 0.6) is 5.75 Å². The average Bonchev–Trinajstić information content (AvgIpc) is 3.34. The number of ether oxygens (including phenoxy) is 2. The molecule has 0 saturated heterocycles. The number of anilines is 1. The van der Waals surface area contributed by atoms with Gasteiger partial charge in [-0.1, -0.05) is 18.2 Å². The summed E-state index contributed by atoms with van der Waals surface area (Å²) in [4.78, 5) is 34.3. The minimum atomic E-state index is -0.117. The molecule has 3 aromatic heterocycles. The molecule has 2 aromatic carbocycles. The highest BCUT2D eigenvalue weighted by Crippen LogP contribution is 2.21. The molecule has 5 aromatic rings. The maximum atomic E-state index is 13.7. The van der Waals surface area contributed by atoms with E-state index in [4.69, 9.17) is 14.5 Å². The Labute approximate surface area is 201 Å². The Kier molecular flexibility index (Phi) is 6.36. The Balaban J connectivity index is 1.51. The maximum Gasteiger partial charge on any atom is 0.266 e. The number of rotatable bonds is 9. The van der Waals surface area contributed by atoms with E-state index >= 15 is 0 Å². The molecule has 10 heteroatoms. The van der Waals surface area contributed by atoms with Crippen LogP contribution in [-0.4, -0.2) is 56.4 Å². The van der Waals surface area contributed by atoms with Crippen molar-refractivity contribution in [3.8, 4) is 11.4 Å². The summed E-state index contributed by atoms with van der Waals surface area (Å²) >= 11 is 0. The summed E-state index contributed by atoms with van der Waals surface area (Å²) in [6.07, 6.45) is 3.53. The zero-order valence-electron chi connectivity index (χ0n) is 19.5. The molecule has 0 bridgehead atoms. The van der Waals surface area contributed by atoms with E-state index in [2.05, 4.69) is 25.3 Å². The van der Waals surface area contributed by atoms with Crippen LogP contribution >= 0.6 is 0 Å². The second-order valence-corrected chi connectivity index (χ2v) is 7.98. The summed E-state index contributed by atoms with van der Waals surface area (Å²) < 4.78 is 12.5. The van der Waals surface area contributed by atoms with E-state index in [1.807, 2.05) is 49.4 Å². The Morgan fingerprint density at radius 3 is 2.86 bits per heavy atom. The number of nitrogens with one attached hydrogen (secondary N) is 2. The second kappa shape index (κ2) is 9.90. The van der Waals surface area contributed by atoms with Gasteiger partial charge in [-0.25, -0.2) is 19.9 Å². The SMILES string of the molecule is COCCOc1cccc(-n2c(CCNc3ncnc4[nH]cnc34)nc3cccc(C)c3c2=O)c1. The van der Waals surface area contributed by atoms with Gasteiger partial charge in [0.05, 0.1) is 29.5 Å². The van der Waals surface area contributed by atoms with Gasteiger partial charge in [0.1, 0.15) is 30.0 Å². The van der Waals surface area contributed by atoms with Crippen LogP contribution in [0.1, 0.15) is 11.4 Å². The lowest BCUT2D eigenvalue weighted by molar-refractivity contribution is 0.146. The molecule has 2 N–H and O–H groups in total. The van der Waals surface area contributed by atoms with E-state index in [1.54, 1.807) is 18.0 Å². The fourth-order valence-corrected chi connectivity index (χ4v) is 4.02. The fourth-order valence-electron chi connectivity index (χ4n) is 4.02. The van der Waals surface area contributed by atoms with E-state index in [0.717, 1.165) is 5.56 Å². The van der Waals surface area contributed by atoms with Gasteiger partial charge in [0.15, 0.2) is 11.5 Å². The largest absolute Gasteiger partial charge is 0.491 e. The van der Waals surface area contributed by atoms with Gasteiger partial charge in [-0.2, -0.15) is 0 Å². The number of fused-ring (bicyclic) bond motifs is 2. The number of nitrogens with zero attached hydrogens (tertiary/aromatic N) is 5. The first-order valence-corrected chi connectivity index (χ1v) is 11.3. The quantitative estimate of drug-likeness (QED) is 0.315. The standard InChI is InChI=1S/C25H25N7O3/c1-16-5-3-8-19-21(16)25(33)32(17-6-4-7-18(13-17)35-12-11-34-2)20(31-19)9-10-26-23-22-24(28-14-27-22)30-15-29-23/h3-8,13-15H,9-12H2,1-2H3,(H2,26,27,28,29,30). The monoisotopic (exact) mass is 471 g/mol. The summed E-state index contributed by atoms with van der Waals surface area (Å²) in [6, 6.07) is 13.1. The van der Waals surface area contributed by atoms with E-state index < -0.39 is 0 Å². The molecule has 0 saturated carbocycles. The van der Waals surface area contributed by atoms with E-state index in [-0.39, 0.29) is 5.56 Å². The zero-order chi connectivity index (χ0) is 24.2. The van der Waals surface area contributed by atoms with Gasteiger partial charge in [0.2, 0.25) is 0 Å². The Morgan fingerprint density at radius 1 is 1.09 bits per heavy atom. The number of benzene rings is 2. The van der Waals surface area contributed by atoms with Gasteiger partial charge in [0.25, 0.3) is 5.56 Å². The van der Waals surface area contributed by atoms with Gasteiger partial charge in [-0.05, 0) is 30.7 Å². The summed E-state index contributed by atoms with van der Waals surface area (Å²) in [5, 5.41) is 3.90. The third-order valence-electron chi connectivity index (χ3n) is 5.67. The predicted octanol–water partition coefficient (Wildman–Crippen LogP) is 3.04. The molecular formula is C25H25N7O3. The molecule has 0 unspecified atom stereocenters. The first kappa shape index (κ1) is 22.5. The van der Waals surface area contributed by atoms with Crippen molar-refractivity contribution in [2.24, 2.45) is 0 Å². The summed E-state index contributed by atoms with van der Waals surface area (Å²) in [5.41, 5.74) is 3.44. The average molecular weight is 472 g/mol. The summed E-state index contributed by atoms with van der Waals surface area (Å²) in [6.45, 7) is 3.31. The van der Waals surface area contributed by atoms with Crippen molar-refractivity contribution in [1.82, 2.24) is 29.5 Å². The van der Waals surface area contributed by atoms with Crippen LogP contribution in [0.4, 0.5) is 5.82 Å². The lowest BCUT2D eigenvalue weighted by atomic mass is 10.1. The zero-order valence-corrected chi connectivity index (χ0v) is 19.5. The summed E-state index contributed by atoms with van der Waals surface area (Å²) in [5.74, 6) is 1.90. The molecule has 0 amide bonds. The lowest BCUT2D eigenvalue weighted by Crippen LogP contribution is -2.26. The van der Waals surface area contributed by atoms with Crippen molar-refractivity contribution in [3.05, 3.63) is 76.9 Å². The highest BCUT2D eigenvalue weighted by Gasteiger charge is 2.15. The topological polar surface area (TPSA) is 120 Å². The minimum absolute atomic E-state index is 0.117. The number of imidazole rings is 1. The third-order valence-corrected chi connectivity index (χ3v) is 5.67. The van der Waals surface area contributed by atoms with Gasteiger partial charge in [0, 0.05) is 26.1 Å². The van der Waals surface area contributed by atoms with Crippen molar-refractivity contribution in [2.75, 3.05) is 32.2 Å². The molecule has 0 aliphatic heterocycles. The predicted molar refractivity (Wildman–Crippen MR) is 133 cm³/mol. The van der Waals surface area contributed by atoms with Gasteiger partial charge >= 0.3 is 0 Å². The van der Waals surface area contributed by atoms with Crippen molar-refractivity contribution in [3.63, 3.8) is 0 Å². The van der Waals surface area contributed by atoms with E-state index in [9.17, 15) is 4.79 Å². The van der Waals surface area contributed by atoms with E-state index in [1.165, 1.54) is 6.33 Å². The maximum absolute atomic E-state index is 13.7. The van der Waals surface area contributed by atoms with E-state index in [0.29, 0.717) is 71.3 Å². The van der Waals surface area contributed by atoms with Gasteiger partial charge in [-0.3, -0.25) is 9.36 Å². The van der Waals surface area contributed by atoms with Crippen LogP contribution in [0.2, 0.25) is 0 Å².